The molecule has 2 bridgehead atoms. The number of amides is 18. The van der Waals surface area contributed by atoms with Gasteiger partial charge in [-0.25, -0.2) is 4.98 Å². The molecule has 0 aliphatic carbocycles. The van der Waals surface area contributed by atoms with E-state index in [0.717, 1.165) is 43.2 Å². The molecule has 3 aromatic heterocycles. The summed E-state index contributed by atoms with van der Waals surface area (Å²) in [4.78, 5) is 281. The highest BCUT2D eigenvalue weighted by Crippen LogP contribution is 2.35. The summed E-state index contributed by atoms with van der Waals surface area (Å²) in [6.07, 6.45) is 0.472. The molecule has 22 N–H and O–H groups in total. The summed E-state index contributed by atoms with van der Waals surface area (Å²) in [5.74, 6) is -18.9. The molecule has 3 fully saturated rings. The molecule has 10 rings (SSSR count). The number of ether oxygens (including phenoxy) is 1. The maximum Gasteiger partial charge on any atom is 0.250 e. The molecule has 7 heterocycles. The van der Waals surface area contributed by atoms with Crippen LogP contribution in [0.3, 0.4) is 0 Å². The van der Waals surface area contributed by atoms with Gasteiger partial charge in [0.1, 0.15) is 90.3 Å². The number of imidazole rings is 1. The summed E-state index contributed by atoms with van der Waals surface area (Å²) < 4.78 is 5.50. The van der Waals surface area contributed by atoms with Gasteiger partial charge in [0.15, 0.2) is 0 Å². The van der Waals surface area contributed by atoms with Gasteiger partial charge >= 0.3 is 0 Å². The molecule has 0 saturated carbocycles. The number of unbranched alkanes of at least 4 members (excludes halogenated alkanes) is 2. The van der Waals surface area contributed by atoms with Crippen molar-refractivity contribution >= 4 is 146 Å². The fraction of sp³-hybridized carbons (Fsp3) is 0.511. The lowest BCUT2D eigenvalue weighted by atomic mass is 9.95. The van der Waals surface area contributed by atoms with Crippen molar-refractivity contribution in [2.45, 2.75) is 227 Å². The summed E-state index contributed by atoms with van der Waals surface area (Å²) >= 11 is 0.744. The fourth-order valence-corrected chi connectivity index (χ4v) is 17.7. The number of methoxy groups -OCH3 is 1. The van der Waals surface area contributed by atoms with Gasteiger partial charge in [-0.05, 0) is 80.8 Å². The summed E-state index contributed by atoms with van der Waals surface area (Å²) in [5, 5.41) is 60.8. The number of aromatic nitrogens is 4. The number of para-hydroxylation sites is 2. The molecule has 0 radical (unpaired) electrons. The Morgan fingerprint density at radius 3 is 1.78 bits per heavy atom. The topological polar surface area (TPSA) is 652 Å². The number of carbonyl (C=O) groups is 18. The van der Waals surface area contributed by atoms with E-state index in [-0.39, 0.29) is 68.6 Å². The van der Waals surface area contributed by atoms with E-state index in [4.69, 9.17) is 21.9 Å². The average molecular weight is 1870 g/mol. The quantitative estimate of drug-likeness (QED) is 0.0288. The normalized spacial score (nSPS) is 25.4. The fourth-order valence-electron chi connectivity index (χ4n) is 16.8. The molecule has 44 nitrogen and oxygen atoms in total. The van der Waals surface area contributed by atoms with Crippen molar-refractivity contribution in [3.05, 3.63) is 114 Å². The van der Waals surface area contributed by atoms with Crippen LogP contribution in [0.4, 0.5) is 5.69 Å². The van der Waals surface area contributed by atoms with E-state index in [1.165, 1.54) is 46.7 Å². The highest BCUT2D eigenvalue weighted by Gasteiger charge is 2.48. The van der Waals surface area contributed by atoms with Gasteiger partial charge < -0.3 is 125 Å². The minimum absolute atomic E-state index is 0.0332. The van der Waals surface area contributed by atoms with Gasteiger partial charge in [-0.1, -0.05) is 82.0 Å². The zero-order valence-electron chi connectivity index (χ0n) is 74.9. The molecule has 0 spiro atoms. The Balaban J connectivity index is 1.02. The Morgan fingerprint density at radius 1 is 0.602 bits per heavy atom. The number of benzene rings is 3. The van der Waals surface area contributed by atoms with Gasteiger partial charge in [-0.15, -0.1) is 11.8 Å². The number of fused-ring (bicyclic) bond motifs is 8. The monoisotopic (exact) mass is 1870 g/mol. The van der Waals surface area contributed by atoms with Crippen LogP contribution in [0.15, 0.2) is 91.6 Å². The number of carbonyl (C=O) groups excluding carboxylic acids is 18. The van der Waals surface area contributed by atoms with Crippen LogP contribution in [0.5, 0.6) is 5.75 Å². The Bertz CT molecular complexity index is 5280. The Kier molecular flexibility index (Phi) is 35.9. The maximum absolute atomic E-state index is 15.7. The van der Waals surface area contributed by atoms with E-state index in [9.17, 15) is 63.3 Å². The number of aliphatic hydroxyl groups excluding tert-OH is 3. The van der Waals surface area contributed by atoms with Crippen LogP contribution < -0.4 is 80.0 Å². The SMILES string of the molecule is CCCC[C@H]1C(=O)N(C)[C@@H](CCCC)C(=O)N[C@@H]([C@H](C)O)C(=O)N[C@H](C(=O)NCC(N)=O)CSCC(=O)N[C@H]2Cc3ccc(OC)cc3N(C2=O)[C@@H](C)C(=O)N[C@@H](CC(N)=O)C(=O)N2CCC[C@H]2C(=O)N[C@@H](Cc2c[nH]cn2)C(=O)N[C@@H](CCC(N)=O)C(=O)N2C[C@H](O)C[C@H]2C(=O)N[C@@H](Cc2c[nH]c3ccccc23)C(=O)N[C@@H](CO)C(=O)N[C@@H](Cc2c[nH]c3ccccc23)C(=O)N1C. The smallest absolute Gasteiger partial charge is 0.250 e. The predicted octanol–water partition coefficient (Wildman–Crippen LogP) is -4.40. The van der Waals surface area contributed by atoms with Crippen molar-refractivity contribution in [1.29, 1.82) is 0 Å². The first-order valence-corrected chi connectivity index (χ1v) is 45.2. The van der Waals surface area contributed by atoms with Crippen LogP contribution >= 0.6 is 11.8 Å². The number of likely N-dealkylation sites (N-methyl/N-ethyl adjacent to an activating group) is 2. The Morgan fingerprint density at radius 2 is 1.18 bits per heavy atom. The number of nitrogens with one attached hydrogen (secondary N) is 13. The van der Waals surface area contributed by atoms with E-state index < -0.39 is 266 Å². The van der Waals surface area contributed by atoms with Crippen molar-refractivity contribution in [2.24, 2.45) is 17.2 Å². The van der Waals surface area contributed by atoms with E-state index in [0.29, 0.717) is 64.2 Å². The first kappa shape index (κ1) is 102. The van der Waals surface area contributed by atoms with Gasteiger partial charge in [-0.2, -0.15) is 0 Å². The van der Waals surface area contributed by atoms with E-state index in [2.05, 4.69) is 73.1 Å². The number of H-pyrrole nitrogens is 3. The second kappa shape index (κ2) is 47.0. The molecule has 718 valence electrons. The Hall–Kier alpha value is -13.6. The summed E-state index contributed by atoms with van der Waals surface area (Å²) in [5.41, 5.74) is 19.6. The van der Waals surface area contributed by atoms with Crippen LogP contribution in [0, 0.1) is 0 Å². The first-order valence-electron chi connectivity index (χ1n) is 44.1. The lowest BCUT2D eigenvalue weighted by Gasteiger charge is -2.38. The molecule has 18 amide bonds. The van der Waals surface area contributed by atoms with Crippen molar-refractivity contribution in [2.75, 3.05) is 63.9 Å². The van der Waals surface area contributed by atoms with Crippen LogP contribution in [-0.4, -0.2) is 317 Å². The van der Waals surface area contributed by atoms with Crippen LogP contribution in [0.2, 0.25) is 0 Å². The van der Waals surface area contributed by atoms with Crippen molar-refractivity contribution in [3.8, 4) is 5.75 Å². The van der Waals surface area contributed by atoms with Gasteiger partial charge in [0.05, 0.1) is 62.4 Å². The van der Waals surface area contributed by atoms with E-state index in [1.54, 1.807) is 80.0 Å². The molecular weight excluding hydrogens is 1750 g/mol. The maximum atomic E-state index is 15.7. The van der Waals surface area contributed by atoms with Crippen molar-refractivity contribution in [3.63, 3.8) is 0 Å². The standard InChI is InChI=1S/C88H118N22O22S/c1-8-10-21-65-80(123)105-74(46(4)112)83(126)104-64(76(119)95-39-72(91)116)42-133-43-73(117)97-61-29-47-24-25-52(132-7)34-68(47)110(87(61)130)45(3)75(118)101-62(35-71(90)115)86(129)108-28-16-23-66(108)81(124)100-59(32-50-38-92-44-96-50)78(121)98-57(26-27-70(89)114)85(128)109-40-51(113)33-69(109)82(125)99-58(30-48-36-93-55-19-14-12-17-53(48)55)77(120)103-63(41-111)79(122)102-60(31-49-37-94-56-20-15-13-18-54(49)56)84(127)107(6)67(22-11-9-2)88(131)106(65)5/h12-15,17-20,24-25,34,36-38,44-46,51,57-67,69,74,93-94,111-113H,8-11,16,21-23,26-33,35,39-43H2,1-7H3,(H2,89,114)(H2,90,115)(H2,91,116)(H,92,96)(H,95,119)(H,97,117)(H,98,121)(H,99,125)(H,100,124)(H,101,118)(H,102,122)(H,103,120)(H,104,126)(H,105,123)/t45-,46-,51+,57-,58-,59-,60-,61-,62-,63-,64-,65-,66-,67-,69-,74-/m0/s1. The molecule has 6 aromatic rings. The predicted molar refractivity (Wildman–Crippen MR) is 481 cm³/mol. The number of nitrogens with zero attached hydrogens (tertiary/aromatic N) is 6. The number of thioether (sulfide) groups is 1. The minimum atomic E-state index is -1.93. The van der Waals surface area contributed by atoms with E-state index >= 15 is 38.4 Å². The van der Waals surface area contributed by atoms with Gasteiger partial charge in [0.25, 0.3) is 5.91 Å². The molecule has 4 aliphatic heterocycles. The second-order valence-electron chi connectivity index (χ2n) is 33.6. The zero-order valence-corrected chi connectivity index (χ0v) is 75.7. The summed E-state index contributed by atoms with van der Waals surface area (Å²) in [6, 6.07) is -4.64. The number of hydrogen-bond donors (Lipinski definition) is 19. The number of nitrogens with two attached hydrogens (primary N) is 3. The third-order valence-electron chi connectivity index (χ3n) is 24.0. The third-order valence-corrected chi connectivity index (χ3v) is 25.1. The molecule has 0 unspecified atom stereocenters. The summed E-state index contributed by atoms with van der Waals surface area (Å²) in [6.45, 7) is 3.45. The number of hydrogen-bond acceptors (Lipinski definition) is 24. The molecule has 4 aliphatic rings. The number of aliphatic hydroxyl groups is 3. The Labute approximate surface area is 769 Å². The number of primary amides is 3. The van der Waals surface area contributed by atoms with Crippen LogP contribution in [0.25, 0.3) is 21.8 Å². The molecular formula is C88H118N22O22S. The highest BCUT2D eigenvalue weighted by molar-refractivity contribution is 8.00. The molecule has 16 atom stereocenters. The lowest BCUT2D eigenvalue weighted by Crippen LogP contribution is -2.62. The van der Waals surface area contributed by atoms with Crippen LogP contribution in [0.1, 0.15) is 127 Å². The van der Waals surface area contributed by atoms with E-state index in [1.807, 2.05) is 6.92 Å². The van der Waals surface area contributed by atoms with Gasteiger partial charge in [0, 0.05) is 118 Å². The number of rotatable bonds is 23. The molecule has 133 heavy (non-hydrogen) atoms. The minimum Gasteiger partial charge on any atom is -0.497 e. The molecule has 3 aromatic carbocycles. The van der Waals surface area contributed by atoms with Crippen LogP contribution in [-0.2, 0) is 112 Å². The zero-order chi connectivity index (χ0) is 96.8. The molecule has 45 heteroatoms. The number of anilines is 1. The van der Waals surface area contributed by atoms with Gasteiger partial charge in [0.2, 0.25) is 100 Å². The lowest BCUT2D eigenvalue weighted by molar-refractivity contribution is -0.149. The molecule has 3 saturated heterocycles. The van der Waals surface area contributed by atoms with Crippen molar-refractivity contribution in [1.82, 2.24) is 92.7 Å². The van der Waals surface area contributed by atoms with Gasteiger partial charge in [-0.3, -0.25) is 91.2 Å². The first-order chi connectivity index (χ1) is 63.4. The van der Waals surface area contributed by atoms with Crippen molar-refractivity contribution < 1.29 is 106 Å². The summed E-state index contributed by atoms with van der Waals surface area (Å²) in [7, 11) is 3.96. The second-order valence-corrected chi connectivity index (χ2v) is 34.6. The highest BCUT2D eigenvalue weighted by atomic mass is 32.2. The largest absolute Gasteiger partial charge is 0.497 e. The third kappa shape index (κ3) is 26.0. The average Bonchev–Trinajstić information content (AvgIpc) is 1.65. The number of aromatic amines is 3.